The van der Waals surface area contributed by atoms with Crippen molar-refractivity contribution in [1.29, 1.82) is 0 Å². The Hall–Kier alpha value is -0.0800. The number of fused-ring (bicyclic) bond motifs is 1. The predicted molar refractivity (Wildman–Crippen MR) is 44.2 cm³/mol. The van der Waals surface area contributed by atoms with E-state index < -0.39 is 0 Å². The molecule has 0 saturated carbocycles. The summed E-state index contributed by atoms with van der Waals surface area (Å²) >= 11 is 0. The lowest BCUT2D eigenvalue weighted by Gasteiger charge is -2.59. The summed E-state index contributed by atoms with van der Waals surface area (Å²) in [5, 5.41) is 0. The molecule has 2 nitrogen and oxygen atoms in total. The van der Waals surface area contributed by atoms with E-state index in [9.17, 15) is 0 Å². The van der Waals surface area contributed by atoms with Crippen molar-refractivity contribution < 1.29 is 0 Å². The van der Waals surface area contributed by atoms with Crippen molar-refractivity contribution in [3.8, 4) is 0 Å². The highest BCUT2D eigenvalue weighted by Crippen LogP contribution is 2.29. The maximum Gasteiger partial charge on any atom is 0.0388 e. The van der Waals surface area contributed by atoms with Crippen molar-refractivity contribution in [2.75, 3.05) is 27.2 Å². The predicted octanol–water partition coefficient (Wildman–Crippen LogP) is 0.641. The first-order chi connectivity index (χ1) is 4.79. The fraction of sp³-hybridized carbons (Fsp3) is 1.00. The molecule has 2 atom stereocenters. The summed E-state index contributed by atoms with van der Waals surface area (Å²) in [6, 6.07) is 1.83. The van der Waals surface area contributed by atoms with Gasteiger partial charge in [-0.15, -0.1) is 0 Å². The molecule has 0 aromatic heterocycles. The highest BCUT2D eigenvalue weighted by atomic mass is 15.4. The van der Waals surface area contributed by atoms with Crippen LogP contribution < -0.4 is 0 Å². The van der Waals surface area contributed by atoms with E-state index in [1.54, 1.807) is 0 Å². The highest BCUT2D eigenvalue weighted by molar-refractivity contribution is 5.05. The summed E-state index contributed by atoms with van der Waals surface area (Å²) in [6.07, 6.45) is 0. The summed E-state index contributed by atoms with van der Waals surface area (Å²) in [5.41, 5.74) is 0. The van der Waals surface area contributed by atoms with E-state index in [1.165, 1.54) is 13.1 Å². The first-order valence-corrected chi connectivity index (χ1v) is 4.19. The molecular weight excluding hydrogens is 124 g/mol. The van der Waals surface area contributed by atoms with Gasteiger partial charge in [0.05, 0.1) is 0 Å². The second-order valence-corrected chi connectivity index (χ2v) is 3.01. The first-order valence-electron chi connectivity index (χ1n) is 4.19. The Labute approximate surface area is 63.8 Å². The third kappa shape index (κ3) is 0.956. The Morgan fingerprint density at radius 3 is 1.30 bits per heavy atom. The molecule has 10 heavy (non-hydrogen) atoms. The zero-order chi connectivity index (χ0) is 7.72. The molecule has 0 amide bonds. The van der Waals surface area contributed by atoms with Gasteiger partial charge in [0, 0.05) is 25.2 Å². The number of hydrogen-bond donors (Lipinski definition) is 0. The lowest BCUT2D eigenvalue weighted by Crippen LogP contribution is -2.76. The Kier molecular flexibility index (Phi) is 2.32. The molecule has 0 aromatic rings. The van der Waals surface area contributed by atoms with Gasteiger partial charge in [-0.1, -0.05) is 13.8 Å². The average Bonchev–Trinajstić information content (AvgIpc) is 1.99. The molecular formula is C8H18N2. The Morgan fingerprint density at radius 2 is 1.20 bits per heavy atom. The van der Waals surface area contributed by atoms with Crippen LogP contribution >= 0.6 is 0 Å². The second-order valence-electron chi connectivity index (χ2n) is 3.01. The molecule has 2 heterocycles. The standard InChI is InChI=1S/C6H12N2.C2H6/c1-7-3-6-5(7)4-8(6)2;1-2/h5-6H,3-4H2,1-2H3;1-2H3. The molecule has 0 bridgehead atoms. The van der Waals surface area contributed by atoms with Crippen molar-refractivity contribution in [3.05, 3.63) is 0 Å². The van der Waals surface area contributed by atoms with Gasteiger partial charge in [-0.3, -0.25) is 9.80 Å². The number of nitrogens with zero attached hydrogens (tertiary/aromatic N) is 2. The molecule has 2 unspecified atom stereocenters. The van der Waals surface area contributed by atoms with Crippen LogP contribution in [0.2, 0.25) is 0 Å². The Bertz CT molecular complexity index is 99.8. The van der Waals surface area contributed by atoms with Gasteiger partial charge >= 0.3 is 0 Å². The third-order valence-electron chi connectivity index (χ3n) is 2.53. The number of hydrogen-bond acceptors (Lipinski definition) is 2. The molecule has 0 aromatic carbocycles. The maximum atomic E-state index is 2.42. The molecule has 0 radical (unpaired) electrons. The van der Waals surface area contributed by atoms with Crippen LogP contribution in [0.1, 0.15) is 13.8 Å². The molecule has 2 saturated heterocycles. The van der Waals surface area contributed by atoms with Gasteiger partial charge in [-0.2, -0.15) is 0 Å². The van der Waals surface area contributed by atoms with Crippen molar-refractivity contribution in [1.82, 2.24) is 9.80 Å². The van der Waals surface area contributed by atoms with E-state index in [-0.39, 0.29) is 0 Å². The van der Waals surface area contributed by atoms with Gasteiger partial charge < -0.3 is 0 Å². The van der Waals surface area contributed by atoms with Gasteiger partial charge in [0.15, 0.2) is 0 Å². The Morgan fingerprint density at radius 1 is 0.900 bits per heavy atom. The second kappa shape index (κ2) is 2.89. The summed E-state index contributed by atoms with van der Waals surface area (Å²) in [5.74, 6) is 0. The summed E-state index contributed by atoms with van der Waals surface area (Å²) in [6.45, 7) is 6.59. The zero-order valence-corrected chi connectivity index (χ0v) is 7.46. The molecule has 0 N–H and O–H groups in total. The topological polar surface area (TPSA) is 6.48 Å². The fourth-order valence-electron chi connectivity index (χ4n) is 1.69. The van der Waals surface area contributed by atoms with Gasteiger partial charge in [0.25, 0.3) is 0 Å². The van der Waals surface area contributed by atoms with Crippen LogP contribution in [0.25, 0.3) is 0 Å². The van der Waals surface area contributed by atoms with E-state index in [4.69, 9.17) is 0 Å². The van der Waals surface area contributed by atoms with Crippen molar-refractivity contribution in [2.24, 2.45) is 0 Å². The number of likely N-dealkylation sites (N-methyl/N-ethyl adjacent to an activating group) is 2. The van der Waals surface area contributed by atoms with Crippen molar-refractivity contribution >= 4 is 0 Å². The molecule has 2 aliphatic heterocycles. The zero-order valence-electron chi connectivity index (χ0n) is 7.46. The number of piperazine rings is 1. The van der Waals surface area contributed by atoms with Crippen molar-refractivity contribution in [2.45, 2.75) is 25.9 Å². The largest absolute Gasteiger partial charge is 0.299 e. The molecule has 2 aliphatic rings. The van der Waals surface area contributed by atoms with Gasteiger partial charge in [-0.25, -0.2) is 0 Å². The lowest BCUT2D eigenvalue weighted by molar-refractivity contribution is -0.0960. The van der Waals surface area contributed by atoms with Gasteiger partial charge in [-0.05, 0) is 14.1 Å². The molecule has 2 rings (SSSR count). The molecule has 0 spiro atoms. The van der Waals surface area contributed by atoms with Crippen LogP contribution in [0.5, 0.6) is 0 Å². The molecule has 2 fully saturated rings. The smallest absolute Gasteiger partial charge is 0.0388 e. The van der Waals surface area contributed by atoms with Crippen LogP contribution in [0.15, 0.2) is 0 Å². The number of likely N-dealkylation sites (tertiary alicyclic amines) is 2. The number of rotatable bonds is 0. The highest BCUT2D eigenvalue weighted by Gasteiger charge is 2.47. The average molecular weight is 142 g/mol. The van der Waals surface area contributed by atoms with Gasteiger partial charge in [0.2, 0.25) is 0 Å². The van der Waals surface area contributed by atoms with Crippen LogP contribution in [0.4, 0.5) is 0 Å². The van der Waals surface area contributed by atoms with E-state index in [0.29, 0.717) is 0 Å². The summed E-state index contributed by atoms with van der Waals surface area (Å²) in [7, 11) is 4.41. The van der Waals surface area contributed by atoms with Crippen LogP contribution in [-0.2, 0) is 0 Å². The summed E-state index contributed by atoms with van der Waals surface area (Å²) in [4.78, 5) is 4.84. The van der Waals surface area contributed by atoms with Gasteiger partial charge in [0.1, 0.15) is 0 Å². The Balaban J connectivity index is 0.000000231. The van der Waals surface area contributed by atoms with Crippen LogP contribution in [0.3, 0.4) is 0 Å². The first kappa shape index (κ1) is 8.02. The molecule has 0 aliphatic carbocycles. The maximum absolute atomic E-state index is 2.42. The summed E-state index contributed by atoms with van der Waals surface area (Å²) < 4.78 is 0. The third-order valence-corrected chi connectivity index (χ3v) is 2.53. The van der Waals surface area contributed by atoms with Crippen LogP contribution in [0, 0.1) is 0 Å². The van der Waals surface area contributed by atoms with E-state index in [1.807, 2.05) is 13.8 Å². The minimum absolute atomic E-state index is 0.917. The monoisotopic (exact) mass is 142 g/mol. The fourth-order valence-corrected chi connectivity index (χ4v) is 1.69. The van der Waals surface area contributed by atoms with Crippen molar-refractivity contribution in [3.63, 3.8) is 0 Å². The van der Waals surface area contributed by atoms with E-state index >= 15 is 0 Å². The minimum atomic E-state index is 0.917. The lowest BCUT2D eigenvalue weighted by atomic mass is 9.87. The van der Waals surface area contributed by atoms with E-state index in [2.05, 4.69) is 23.9 Å². The molecule has 2 heteroatoms. The molecule has 60 valence electrons. The minimum Gasteiger partial charge on any atom is -0.299 e. The normalized spacial score (nSPS) is 38.4. The quantitative estimate of drug-likeness (QED) is 0.490. The van der Waals surface area contributed by atoms with Crippen LogP contribution in [-0.4, -0.2) is 49.1 Å². The SMILES string of the molecule is CC.CN1CC2C1CN2C. The van der Waals surface area contributed by atoms with E-state index in [0.717, 1.165) is 12.1 Å².